The first kappa shape index (κ1) is 18.8. The van der Waals surface area contributed by atoms with Gasteiger partial charge >= 0.3 is 0 Å². The lowest BCUT2D eigenvalue weighted by Crippen LogP contribution is -2.29. The molecular weight excluding hydrogens is 370 g/mol. The second-order valence-electron chi connectivity index (χ2n) is 7.27. The second kappa shape index (κ2) is 7.82. The normalized spacial score (nSPS) is 15.0. The zero-order valence-electron chi connectivity index (χ0n) is 16.0. The first-order valence-electron chi connectivity index (χ1n) is 9.69. The zero-order chi connectivity index (χ0) is 19.7. The molecule has 0 spiro atoms. The summed E-state index contributed by atoms with van der Waals surface area (Å²) in [5.74, 6) is 6.12. The topological polar surface area (TPSA) is 51.3 Å². The van der Waals surface area contributed by atoms with Crippen LogP contribution in [0, 0.1) is 0 Å². The number of fused-ring (bicyclic) bond motifs is 1. The number of rotatable bonds is 5. The van der Waals surface area contributed by atoms with Crippen molar-refractivity contribution >= 4 is 33.9 Å². The number of carbonyl (C=O) groups excluding carboxylic acids is 1. The van der Waals surface area contributed by atoms with Crippen molar-refractivity contribution < 1.29 is 4.79 Å². The molecule has 0 bridgehead atoms. The maximum absolute atomic E-state index is 13.0. The summed E-state index contributed by atoms with van der Waals surface area (Å²) in [6.07, 6.45) is 6.41. The molecule has 4 rings (SSSR count). The van der Waals surface area contributed by atoms with Crippen molar-refractivity contribution in [3.63, 3.8) is 0 Å². The van der Waals surface area contributed by atoms with Crippen LogP contribution in [0.25, 0.3) is 16.5 Å². The highest BCUT2D eigenvalue weighted by atomic mass is 35.5. The molecule has 0 saturated carbocycles. The van der Waals surface area contributed by atoms with Gasteiger partial charge in [-0.15, -0.1) is 0 Å². The van der Waals surface area contributed by atoms with E-state index in [-0.39, 0.29) is 5.78 Å². The molecule has 1 aliphatic rings. The molecule has 2 aromatic carbocycles. The Morgan fingerprint density at radius 2 is 2.04 bits per heavy atom. The summed E-state index contributed by atoms with van der Waals surface area (Å²) < 4.78 is 1.65. The van der Waals surface area contributed by atoms with Gasteiger partial charge in [-0.1, -0.05) is 36.7 Å². The van der Waals surface area contributed by atoms with Crippen LogP contribution in [0.4, 0.5) is 0 Å². The molecule has 0 aliphatic carbocycles. The Balaban J connectivity index is 1.73. The van der Waals surface area contributed by atoms with Crippen LogP contribution in [-0.4, -0.2) is 35.0 Å². The maximum Gasteiger partial charge on any atom is 0.194 e. The lowest BCUT2D eigenvalue weighted by Gasteiger charge is -2.25. The van der Waals surface area contributed by atoms with Gasteiger partial charge in [0, 0.05) is 41.4 Å². The van der Waals surface area contributed by atoms with Crippen molar-refractivity contribution in [2.75, 3.05) is 25.5 Å². The number of benzene rings is 2. The molecule has 3 aromatic rings. The van der Waals surface area contributed by atoms with E-state index in [1.54, 1.807) is 16.8 Å². The Bertz CT molecular complexity index is 1070. The number of nitrogens with zero attached hydrogens (tertiary/aromatic N) is 2. The van der Waals surface area contributed by atoms with Gasteiger partial charge in [-0.3, -0.25) is 14.4 Å². The number of nitrogens with two attached hydrogens (primary N) is 1. The quantitative estimate of drug-likeness (QED) is 0.503. The smallest absolute Gasteiger partial charge is 0.194 e. The summed E-state index contributed by atoms with van der Waals surface area (Å²) in [6, 6.07) is 12.8. The number of ketones is 1. The fraction of sp³-hybridized carbons (Fsp3) is 0.261. The van der Waals surface area contributed by atoms with Crippen LogP contribution in [0.3, 0.4) is 0 Å². The summed E-state index contributed by atoms with van der Waals surface area (Å²) in [7, 11) is 0. The van der Waals surface area contributed by atoms with Gasteiger partial charge in [-0.25, -0.2) is 0 Å². The van der Waals surface area contributed by atoms with Crippen molar-refractivity contribution in [1.82, 2.24) is 9.58 Å². The van der Waals surface area contributed by atoms with E-state index in [1.165, 1.54) is 12.0 Å². The summed E-state index contributed by atoms with van der Waals surface area (Å²) in [5, 5.41) is 1.48. The standard InChI is InChI=1S/C23H24ClN3O/c1-2-11-26-12-9-16(10-13-26)20-15-27(25)22-8-7-17(14-19(20)22)23(28)18-5-3-4-6-21(18)24/h3-9,14-15H,2,10-13,25H2,1H3. The Labute approximate surface area is 170 Å². The number of halogens is 1. The molecule has 4 nitrogen and oxygen atoms in total. The third kappa shape index (κ3) is 3.46. The van der Waals surface area contributed by atoms with Crippen LogP contribution in [0.2, 0.25) is 5.02 Å². The van der Waals surface area contributed by atoms with Crippen LogP contribution in [0.15, 0.2) is 54.7 Å². The van der Waals surface area contributed by atoms with E-state index in [0.717, 1.165) is 42.5 Å². The van der Waals surface area contributed by atoms with E-state index in [1.807, 2.05) is 36.5 Å². The summed E-state index contributed by atoms with van der Waals surface area (Å²) >= 11 is 6.22. The van der Waals surface area contributed by atoms with Crippen LogP contribution >= 0.6 is 11.6 Å². The number of aromatic nitrogens is 1. The number of hydrogen-bond donors (Lipinski definition) is 1. The largest absolute Gasteiger partial charge is 0.339 e. The first-order chi connectivity index (χ1) is 13.6. The zero-order valence-corrected chi connectivity index (χ0v) is 16.7. The van der Waals surface area contributed by atoms with Crippen LogP contribution < -0.4 is 5.84 Å². The predicted molar refractivity (Wildman–Crippen MR) is 116 cm³/mol. The van der Waals surface area contributed by atoms with Gasteiger partial charge in [-0.05, 0) is 55.3 Å². The van der Waals surface area contributed by atoms with Crippen LogP contribution in [0.5, 0.6) is 0 Å². The average Bonchev–Trinajstić information content (AvgIpc) is 3.05. The molecule has 0 unspecified atom stereocenters. The monoisotopic (exact) mass is 393 g/mol. The highest BCUT2D eigenvalue weighted by Crippen LogP contribution is 2.31. The van der Waals surface area contributed by atoms with Crippen molar-refractivity contribution in [2.24, 2.45) is 0 Å². The van der Waals surface area contributed by atoms with E-state index in [0.29, 0.717) is 16.1 Å². The minimum absolute atomic E-state index is 0.0741. The molecule has 0 atom stereocenters. The van der Waals surface area contributed by atoms with Crippen LogP contribution in [-0.2, 0) is 0 Å². The van der Waals surface area contributed by atoms with Crippen molar-refractivity contribution in [1.29, 1.82) is 0 Å². The maximum atomic E-state index is 13.0. The second-order valence-corrected chi connectivity index (χ2v) is 7.68. The van der Waals surface area contributed by atoms with Crippen molar-refractivity contribution in [2.45, 2.75) is 19.8 Å². The third-order valence-electron chi connectivity index (χ3n) is 5.39. The van der Waals surface area contributed by atoms with E-state index in [4.69, 9.17) is 17.4 Å². The Kier molecular flexibility index (Phi) is 5.25. The molecule has 2 heterocycles. The van der Waals surface area contributed by atoms with Gasteiger partial charge < -0.3 is 5.84 Å². The third-order valence-corrected chi connectivity index (χ3v) is 5.72. The van der Waals surface area contributed by atoms with Gasteiger partial charge in [0.25, 0.3) is 0 Å². The molecule has 1 aliphatic heterocycles. The van der Waals surface area contributed by atoms with E-state index in [9.17, 15) is 4.79 Å². The molecule has 5 heteroatoms. The van der Waals surface area contributed by atoms with Gasteiger partial charge in [-0.2, -0.15) is 0 Å². The average molecular weight is 394 g/mol. The number of nitrogen functional groups attached to an aromatic ring is 1. The molecule has 0 saturated heterocycles. The van der Waals surface area contributed by atoms with Gasteiger partial charge in [0.15, 0.2) is 5.78 Å². The molecule has 144 valence electrons. The highest BCUT2D eigenvalue weighted by Gasteiger charge is 2.19. The van der Waals surface area contributed by atoms with E-state index >= 15 is 0 Å². The van der Waals surface area contributed by atoms with Crippen LogP contribution in [0.1, 0.15) is 41.3 Å². The summed E-state index contributed by atoms with van der Waals surface area (Å²) in [5.41, 5.74) is 4.47. The molecule has 0 radical (unpaired) electrons. The molecule has 2 N–H and O–H groups in total. The van der Waals surface area contributed by atoms with Gasteiger partial charge in [0.05, 0.1) is 10.5 Å². The predicted octanol–water partition coefficient (Wildman–Crippen LogP) is 4.74. The molecule has 1 aromatic heterocycles. The first-order valence-corrected chi connectivity index (χ1v) is 10.1. The lowest BCUT2D eigenvalue weighted by atomic mass is 9.96. The van der Waals surface area contributed by atoms with Crippen molar-refractivity contribution in [3.05, 3.63) is 76.5 Å². The Hall–Kier alpha value is -2.56. The van der Waals surface area contributed by atoms with Crippen molar-refractivity contribution in [3.8, 4) is 0 Å². The number of carbonyl (C=O) groups is 1. The fourth-order valence-corrected chi connectivity index (χ4v) is 4.15. The van der Waals surface area contributed by atoms with Gasteiger partial charge in [0.2, 0.25) is 0 Å². The number of hydrogen-bond acceptors (Lipinski definition) is 3. The lowest BCUT2D eigenvalue weighted by molar-refractivity contribution is 0.103. The SMILES string of the molecule is CCCN1CC=C(c2cn(N)c3ccc(C(=O)c4ccccc4Cl)cc23)CC1. The molecule has 0 fully saturated rings. The van der Waals surface area contributed by atoms with Gasteiger partial charge in [0.1, 0.15) is 0 Å². The molecule has 28 heavy (non-hydrogen) atoms. The highest BCUT2D eigenvalue weighted by molar-refractivity contribution is 6.35. The minimum Gasteiger partial charge on any atom is -0.339 e. The fourth-order valence-electron chi connectivity index (χ4n) is 3.93. The summed E-state index contributed by atoms with van der Waals surface area (Å²) in [4.78, 5) is 15.4. The van der Waals surface area contributed by atoms with E-state index < -0.39 is 0 Å². The van der Waals surface area contributed by atoms with E-state index in [2.05, 4.69) is 17.9 Å². The summed E-state index contributed by atoms with van der Waals surface area (Å²) in [6.45, 7) is 5.34. The molecular formula is C23H24ClN3O. The Morgan fingerprint density at radius 1 is 1.21 bits per heavy atom. The molecule has 0 amide bonds. The minimum atomic E-state index is -0.0741. The Morgan fingerprint density at radius 3 is 2.75 bits per heavy atom.